The number of rotatable bonds is 1. The Bertz CT molecular complexity index is 589. The molecule has 2 rings (SSSR count). The monoisotopic (exact) mass is 204 g/mol. The van der Waals surface area contributed by atoms with Gasteiger partial charge < -0.3 is 0 Å². The van der Waals surface area contributed by atoms with Crippen molar-refractivity contribution in [3.63, 3.8) is 0 Å². The van der Waals surface area contributed by atoms with E-state index in [1.165, 1.54) is 6.20 Å². The molecule has 0 saturated heterocycles. The predicted octanol–water partition coefficient (Wildman–Crippen LogP) is 2.29. The van der Waals surface area contributed by atoms with Gasteiger partial charge in [-0.1, -0.05) is 6.07 Å². The molecule has 0 aliphatic rings. The van der Waals surface area contributed by atoms with Crippen LogP contribution in [0.2, 0.25) is 0 Å². The van der Waals surface area contributed by atoms with Gasteiger partial charge in [-0.2, -0.15) is 10.5 Å². The second-order valence-corrected chi connectivity index (χ2v) is 3.13. The minimum Gasteiger partial charge on any atom is -0.256 e. The summed E-state index contributed by atoms with van der Waals surface area (Å²) >= 11 is 0. The summed E-state index contributed by atoms with van der Waals surface area (Å²) < 4.78 is 0. The number of nitriles is 2. The number of nitrogens with zero attached hydrogens (tertiary/aromatic N) is 3. The molecule has 3 nitrogen and oxygen atoms in total. The first kappa shape index (κ1) is 9.89. The van der Waals surface area contributed by atoms with Crippen molar-refractivity contribution in [2.24, 2.45) is 0 Å². The van der Waals surface area contributed by atoms with Crippen LogP contribution < -0.4 is 0 Å². The molecule has 1 aromatic carbocycles. The second kappa shape index (κ2) is 4.25. The third-order valence-electron chi connectivity index (χ3n) is 2.16. The molecule has 1 heterocycles. The highest BCUT2D eigenvalue weighted by atomic mass is 14.7. The maximum absolute atomic E-state index is 8.97. The highest BCUT2D eigenvalue weighted by molar-refractivity contribution is 5.68. The van der Waals surface area contributed by atoms with Gasteiger partial charge in [0.05, 0.1) is 29.0 Å². The number of pyridine rings is 1. The average molecular weight is 204 g/mol. The lowest BCUT2D eigenvalue weighted by Gasteiger charge is -2.02. The molecule has 0 N–H and O–H groups in total. The molecule has 16 heavy (non-hydrogen) atoms. The maximum Gasteiger partial charge on any atom is 0.0998 e. The van der Waals surface area contributed by atoms with Crippen LogP contribution in [0.5, 0.6) is 0 Å². The van der Waals surface area contributed by atoms with Crippen molar-refractivity contribution in [2.45, 2.75) is 0 Å². The molecule has 0 amide bonds. The summed E-state index contributed by atoms with van der Waals surface area (Å²) in [6.45, 7) is 0. The van der Waals surface area contributed by atoms with Crippen molar-refractivity contribution in [2.75, 3.05) is 0 Å². The Kier molecular flexibility index (Phi) is 2.63. The Balaban J connectivity index is 2.65. The van der Waals surface area contributed by atoms with Crippen molar-refractivity contribution in [3.05, 3.63) is 53.7 Å². The lowest BCUT2D eigenvalue weighted by atomic mass is 10.0. The van der Waals surface area contributed by atoms with Crippen LogP contribution in [0.25, 0.3) is 11.3 Å². The van der Waals surface area contributed by atoms with Gasteiger partial charge in [-0.05, 0) is 24.3 Å². The Morgan fingerprint density at radius 1 is 1.12 bits per heavy atom. The normalized spacial score (nSPS) is 9.12. The average Bonchev–Trinajstić information content (AvgIpc) is 2.39. The minimum atomic E-state index is 0.512. The first-order chi connectivity index (χ1) is 7.85. The fourth-order valence-electron chi connectivity index (χ4n) is 1.40. The zero-order valence-corrected chi connectivity index (χ0v) is 8.31. The zero-order valence-electron chi connectivity index (χ0n) is 8.31. The van der Waals surface area contributed by atoms with E-state index in [1.807, 2.05) is 6.07 Å². The highest BCUT2D eigenvalue weighted by Gasteiger charge is 2.06. The van der Waals surface area contributed by atoms with E-state index in [9.17, 15) is 0 Å². The SMILES string of the molecule is N#Cc1ccc(C#N)c(-c2cc[c]cn2)c1. The maximum atomic E-state index is 8.97. The predicted molar refractivity (Wildman–Crippen MR) is 57.9 cm³/mol. The standard InChI is InChI=1S/C13H6N3/c14-8-10-4-5-11(9-15)12(7-10)13-3-1-2-6-16-13/h1,3-7H. The lowest BCUT2D eigenvalue weighted by Crippen LogP contribution is -1.88. The van der Waals surface area contributed by atoms with E-state index in [4.69, 9.17) is 10.5 Å². The van der Waals surface area contributed by atoms with Gasteiger partial charge >= 0.3 is 0 Å². The van der Waals surface area contributed by atoms with Crippen molar-refractivity contribution >= 4 is 0 Å². The Morgan fingerprint density at radius 2 is 2.00 bits per heavy atom. The van der Waals surface area contributed by atoms with Crippen LogP contribution in [0.4, 0.5) is 0 Å². The summed E-state index contributed by atoms with van der Waals surface area (Å²) in [4.78, 5) is 4.12. The largest absolute Gasteiger partial charge is 0.256 e. The molecule has 0 unspecified atom stereocenters. The summed E-state index contributed by atoms with van der Waals surface area (Å²) in [6, 6.07) is 15.3. The fraction of sp³-hybridized carbons (Fsp3) is 0. The van der Waals surface area contributed by atoms with Gasteiger partial charge in [-0.15, -0.1) is 0 Å². The quantitative estimate of drug-likeness (QED) is 0.716. The molecule has 0 fully saturated rings. The molecule has 3 heteroatoms. The van der Waals surface area contributed by atoms with Gasteiger partial charge in [-0.25, -0.2) is 0 Å². The molecule has 1 radical (unpaired) electrons. The Hall–Kier alpha value is -2.65. The summed E-state index contributed by atoms with van der Waals surface area (Å²) in [5.74, 6) is 0. The Morgan fingerprint density at radius 3 is 2.62 bits per heavy atom. The van der Waals surface area contributed by atoms with Gasteiger partial charge in [0, 0.05) is 17.8 Å². The first-order valence-corrected chi connectivity index (χ1v) is 4.62. The molecular weight excluding hydrogens is 198 g/mol. The molecular formula is C13H6N3. The number of hydrogen-bond acceptors (Lipinski definition) is 3. The van der Waals surface area contributed by atoms with Crippen LogP contribution in [-0.2, 0) is 0 Å². The van der Waals surface area contributed by atoms with Crippen molar-refractivity contribution in [3.8, 4) is 23.4 Å². The number of benzene rings is 1. The molecule has 2 aromatic rings. The Labute approximate surface area is 93.2 Å². The second-order valence-electron chi connectivity index (χ2n) is 3.13. The van der Waals surface area contributed by atoms with E-state index < -0.39 is 0 Å². The van der Waals surface area contributed by atoms with Crippen LogP contribution in [0, 0.1) is 28.7 Å². The highest BCUT2D eigenvalue weighted by Crippen LogP contribution is 2.22. The van der Waals surface area contributed by atoms with Crippen LogP contribution in [0.3, 0.4) is 0 Å². The van der Waals surface area contributed by atoms with E-state index in [2.05, 4.69) is 17.1 Å². The van der Waals surface area contributed by atoms with E-state index >= 15 is 0 Å². The first-order valence-electron chi connectivity index (χ1n) is 4.62. The number of hydrogen-bond donors (Lipinski definition) is 0. The van der Waals surface area contributed by atoms with Crippen molar-refractivity contribution in [1.82, 2.24) is 4.98 Å². The van der Waals surface area contributed by atoms with E-state index in [1.54, 1.807) is 30.3 Å². The summed E-state index contributed by atoms with van der Waals surface area (Å²) in [5.41, 5.74) is 2.38. The molecule has 1 aromatic heterocycles. The zero-order chi connectivity index (χ0) is 11.4. The topological polar surface area (TPSA) is 60.5 Å². The lowest BCUT2D eigenvalue weighted by molar-refractivity contribution is 1.31. The molecule has 0 aliphatic heterocycles. The van der Waals surface area contributed by atoms with Crippen LogP contribution in [0.15, 0.2) is 36.5 Å². The van der Waals surface area contributed by atoms with E-state index in [0.29, 0.717) is 22.4 Å². The van der Waals surface area contributed by atoms with Crippen LogP contribution in [-0.4, -0.2) is 4.98 Å². The fourth-order valence-corrected chi connectivity index (χ4v) is 1.40. The van der Waals surface area contributed by atoms with Crippen molar-refractivity contribution < 1.29 is 0 Å². The summed E-state index contributed by atoms with van der Waals surface area (Å²) in [6.07, 6.45) is 1.54. The van der Waals surface area contributed by atoms with Gasteiger partial charge in [0.1, 0.15) is 0 Å². The van der Waals surface area contributed by atoms with Gasteiger partial charge in [0.15, 0.2) is 0 Å². The summed E-state index contributed by atoms with van der Waals surface area (Å²) in [5, 5.41) is 17.8. The van der Waals surface area contributed by atoms with Gasteiger partial charge in [0.2, 0.25) is 0 Å². The molecule has 0 atom stereocenters. The molecule has 73 valence electrons. The van der Waals surface area contributed by atoms with E-state index in [-0.39, 0.29) is 0 Å². The van der Waals surface area contributed by atoms with Crippen molar-refractivity contribution in [1.29, 1.82) is 10.5 Å². The van der Waals surface area contributed by atoms with Gasteiger partial charge in [-0.3, -0.25) is 4.98 Å². The van der Waals surface area contributed by atoms with Crippen LogP contribution >= 0.6 is 0 Å². The van der Waals surface area contributed by atoms with E-state index in [0.717, 1.165) is 0 Å². The molecule has 0 bridgehead atoms. The summed E-state index contributed by atoms with van der Waals surface area (Å²) in [7, 11) is 0. The van der Waals surface area contributed by atoms with Crippen LogP contribution in [0.1, 0.15) is 11.1 Å². The molecule has 0 saturated carbocycles. The van der Waals surface area contributed by atoms with Gasteiger partial charge in [0.25, 0.3) is 0 Å². The third-order valence-corrected chi connectivity index (χ3v) is 2.16. The molecule has 0 spiro atoms. The third kappa shape index (κ3) is 1.75. The smallest absolute Gasteiger partial charge is 0.0998 e. The minimum absolute atomic E-state index is 0.512. The molecule has 0 aliphatic carbocycles. The number of aromatic nitrogens is 1.